The molecule has 1 aliphatic heterocycles. The number of Topliss-reactive ketones (excluding diaryl/α,β-unsaturated/α-hetero) is 1. The molecule has 0 N–H and O–H groups in total. The SMILES string of the molecule is CN1[N-]CC2CCC(=O)C21. The zero-order chi connectivity index (χ0) is 7.14. The molecule has 1 saturated carbocycles. The molecule has 2 fully saturated rings. The van der Waals surface area contributed by atoms with Crippen LogP contribution in [0.1, 0.15) is 12.8 Å². The van der Waals surface area contributed by atoms with Crippen LogP contribution in [-0.4, -0.2) is 30.4 Å². The van der Waals surface area contributed by atoms with Crippen molar-refractivity contribution in [1.82, 2.24) is 5.01 Å². The molecule has 10 heavy (non-hydrogen) atoms. The Labute approximate surface area is 60.4 Å². The first-order valence-electron chi connectivity index (χ1n) is 3.72. The first-order valence-corrected chi connectivity index (χ1v) is 3.72. The van der Waals surface area contributed by atoms with Gasteiger partial charge < -0.3 is 10.4 Å². The molecule has 0 spiro atoms. The second kappa shape index (κ2) is 2.04. The molecule has 0 aromatic carbocycles. The van der Waals surface area contributed by atoms with Crippen LogP contribution in [-0.2, 0) is 4.79 Å². The van der Waals surface area contributed by atoms with Crippen LogP contribution in [0, 0.1) is 5.92 Å². The van der Waals surface area contributed by atoms with E-state index in [1.54, 1.807) is 0 Å². The van der Waals surface area contributed by atoms with Crippen LogP contribution in [0.2, 0.25) is 0 Å². The maximum absolute atomic E-state index is 11.2. The minimum Gasteiger partial charge on any atom is -0.594 e. The van der Waals surface area contributed by atoms with Gasteiger partial charge in [-0.25, -0.2) is 0 Å². The minimum atomic E-state index is 0.139. The van der Waals surface area contributed by atoms with Gasteiger partial charge in [0.25, 0.3) is 0 Å². The lowest BCUT2D eigenvalue weighted by Gasteiger charge is -2.27. The van der Waals surface area contributed by atoms with Gasteiger partial charge in [-0.2, -0.15) is 0 Å². The molecule has 0 radical (unpaired) electrons. The fourth-order valence-corrected chi connectivity index (χ4v) is 1.92. The number of hydrogen-bond donors (Lipinski definition) is 0. The van der Waals surface area contributed by atoms with E-state index in [2.05, 4.69) is 5.43 Å². The molecule has 3 heteroatoms. The summed E-state index contributed by atoms with van der Waals surface area (Å²) in [4.78, 5) is 11.2. The molecule has 2 atom stereocenters. The van der Waals surface area contributed by atoms with E-state index >= 15 is 0 Å². The van der Waals surface area contributed by atoms with Gasteiger partial charge in [0.05, 0.1) is 6.04 Å². The first kappa shape index (κ1) is 6.31. The number of carbonyl (C=O) groups is 1. The topological polar surface area (TPSA) is 34.4 Å². The molecule has 0 amide bonds. The van der Waals surface area contributed by atoms with Gasteiger partial charge in [-0.3, -0.25) is 4.79 Å². The van der Waals surface area contributed by atoms with Crippen LogP contribution in [0.15, 0.2) is 0 Å². The summed E-state index contributed by atoms with van der Waals surface area (Å²) in [5.74, 6) is 0.922. The molecule has 2 aliphatic rings. The molecule has 56 valence electrons. The molecule has 1 saturated heterocycles. The molecule has 3 nitrogen and oxygen atoms in total. The maximum Gasteiger partial charge on any atom is 0.148 e. The summed E-state index contributed by atoms with van der Waals surface area (Å²) in [5.41, 5.74) is 4.18. The fourth-order valence-electron chi connectivity index (χ4n) is 1.92. The Morgan fingerprint density at radius 3 is 3.20 bits per heavy atom. The Hall–Kier alpha value is -0.410. The quantitative estimate of drug-likeness (QED) is 0.491. The van der Waals surface area contributed by atoms with Crippen LogP contribution in [0.3, 0.4) is 0 Å². The van der Waals surface area contributed by atoms with Crippen LogP contribution in [0.5, 0.6) is 0 Å². The van der Waals surface area contributed by atoms with Crippen LogP contribution in [0.4, 0.5) is 0 Å². The van der Waals surface area contributed by atoms with Gasteiger partial charge in [0.2, 0.25) is 0 Å². The lowest BCUT2D eigenvalue weighted by Crippen LogP contribution is -2.29. The monoisotopic (exact) mass is 139 g/mol. The Morgan fingerprint density at radius 2 is 2.50 bits per heavy atom. The van der Waals surface area contributed by atoms with E-state index in [-0.39, 0.29) is 6.04 Å². The van der Waals surface area contributed by atoms with Crippen LogP contribution >= 0.6 is 0 Å². The van der Waals surface area contributed by atoms with Crippen molar-refractivity contribution in [3.63, 3.8) is 0 Å². The highest BCUT2D eigenvalue weighted by molar-refractivity contribution is 5.87. The number of carbonyl (C=O) groups excluding carboxylic acids is 1. The van der Waals surface area contributed by atoms with E-state index in [0.717, 1.165) is 19.4 Å². The predicted octanol–water partition coefficient (Wildman–Crippen LogP) is 0.568. The predicted molar refractivity (Wildman–Crippen MR) is 37.5 cm³/mol. The summed E-state index contributed by atoms with van der Waals surface area (Å²) >= 11 is 0. The van der Waals surface area contributed by atoms with Gasteiger partial charge in [0, 0.05) is 6.42 Å². The second-order valence-electron chi connectivity index (χ2n) is 3.11. The highest BCUT2D eigenvalue weighted by atomic mass is 16.1. The number of likely N-dealkylation sites (N-methyl/N-ethyl adjacent to an activating group) is 1. The summed E-state index contributed by atoms with van der Waals surface area (Å²) in [7, 11) is 1.90. The van der Waals surface area contributed by atoms with Gasteiger partial charge in [0.1, 0.15) is 5.78 Å². The number of nitrogens with zero attached hydrogens (tertiary/aromatic N) is 2. The summed E-state index contributed by atoms with van der Waals surface area (Å²) in [6.45, 7) is 0.868. The average Bonchev–Trinajstić information content (AvgIpc) is 2.40. The van der Waals surface area contributed by atoms with Crippen molar-refractivity contribution in [1.29, 1.82) is 0 Å². The van der Waals surface area contributed by atoms with E-state index in [1.807, 2.05) is 12.1 Å². The molecule has 1 aliphatic carbocycles. The Balaban J connectivity index is 2.19. The highest BCUT2D eigenvalue weighted by Crippen LogP contribution is 2.34. The summed E-state index contributed by atoms with van der Waals surface area (Å²) < 4.78 is 0. The Bertz CT molecular complexity index is 169. The van der Waals surface area contributed by atoms with Gasteiger partial charge in [-0.05, 0) is 19.4 Å². The number of ketones is 1. The molecule has 0 bridgehead atoms. The molecule has 0 aromatic rings. The maximum atomic E-state index is 11.2. The third kappa shape index (κ3) is 0.707. The highest BCUT2D eigenvalue weighted by Gasteiger charge is 2.35. The average molecular weight is 139 g/mol. The van der Waals surface area contributed by atoms with Gasteiger partial charge in [0.15, 0.2) is 0 Å². The number of hydrogen-bond acceptors (Lipinski definition) is 2. The van der Waals surface area contributed by atoms with Gasteiger partial charge in [-0.1, -0.05) is 0 Å². The van der Waals surface area contributed by atoms with E-state index < -0.39 is 0 Å². The molecule has 2 rings (SSSR count). The van der Waals surface area contributed by atoms with Gasteiger partial charge in [-0.15, -0.1) is 6.54 Å². The Kier molecular flexibility index (Phi) is 1.28. The van der Waals surface area contributed by atoms with Crippen molar-refractivity contribution in [3.8, 4) is 0 Å². The lowest BCUT2D eigenvalue weighted by molar-refractivity contribution is -0.120. The van der Waals surface area contributed by atoms with Crippen molar-refractivity contribution >= 4 is 5.78 Å². The van der Waals surface area contributed by atoms with E-state index in [9.17, 15) is 4.79 Å². The van der Waals surface area contributed by atoms with Gasteiger partial charge >= 0.3 is 0 Å². The molecular weight excluding hydrogens is 128 g/mol. The third-order valence-corrected chi connectivity index (χ3v) is 2.48. The van der Waals surface area contributed by atoms with Crippen molar-refractivity contribution in [2.45, 2.75) is 18.9 Å². The van der Waals surface area contributed by atoms with Crippen LogP contribution in [0.25, 0.3) is 5.43 Å². The van der Waals surface area contributed by atoms with Crippen LogP contribution < -0.4 is 0 Å². The first-order chi connectivity index (χ1) is 4.79. The van der Waals surface area contributed by atoms with Crippen molar-refractivity contribution in [2.75, 3.05) is 13.6 Å². The fraction of sp³-hybridized carbons (Fsp3) is 0.857. The summed E-state index contributed by atoms with van der Waals surface area (Å²) in [6, 6.07) is 0.139. The van der Waals surface area contributed by atoms with Crippen molar-refractivity contribution < 1.29 is 4.79 Å². The summed E-state index contributed by atoms with van der Waals surface area (Å²) in [5, 5.41) is 1.83. The Morgan fingerprint density at radius 1 is 1.70 bits per heavy atom. The number of fused-ring (bicyclic) bond motifs is 1. The normalized spacial score (nSPS) is 40.7. The van der Waals surface area contributed by atoms with E-state index in [0.29, 0.717) is 11.7 Å². The largest absolute Gasteiger partial charge is 0.594 e. The number of rotatable bonds is 0. The molecule has 1 heterocycles. The van der Waals surface area contributed by atoms with E-state index in [1.165, 1.54) is 0 Å². The smallest absolute Gasteiger partial charge is 0.148 e. The second-order valence-corrected chi connectivity index (χ2v) is 3.11. The van der Waals surface area contributed by atoms with E-state index in [4.69, 9.17) is 0 Å². The summed E-state index contributed by atoms with van der Waals surface area (Å²) in [6.07, 6.45) is 1.83. The van der Waals surface area contributed by atoms with Crippen molar-refractivity contribution in [2.24, 2.45) is 5.92 Å². The lowest BCUT2D eigenvalue weighted by atomic mass is 10.1. The molecule has 2 unspecified atom stereocenters. The standard InChI is InChI=1S/C7H11N2O/c1-9-7-5(4-8-9)2-3-6(7)10/h5,7H,2-4H2,1H3/q-1. The minimum absolute atomic E-state index is 0.139. The zero-order valence-corrected chi connectivity index (χ0v) is 6.08. The van der Waals surface area contributed by atoms with Crippen molar-refractivity contribution in [3.05, 3.63) is 5.43 Å². The molecular formula is C7H11N2O-. The molecule has 0 aromatic heterocycles. The third-order valence-electron chi connectivity index (χ3n) is 2.48. The zero-order valence-electron chi connectivity index (χ0n) is 6.08.